The van der Waals surface area contributed by atoms with Gasteiger partial charge in [0.1, 0.15) is 13.2 Å². The number of carbonyl (C=O) groups excluding carboxylic acids is 2. The Bertz CT molecular complexity index is 1100. The first kappa shape index (κ1) is 66.6. The predicted molar refractivity (Wildman–Crippen MR) is 302 cm³/mol. The lowest BCUT2D eigenvalue weighted by atomic mass is 9.92. The number of carbonyl (C=O) groups is 2. The minimum Gasteiger partial charge on any atom is -0.465 e. The van der Waals surface area contributed by atoms with Crippen LogP contribution in [0.5, 0.6) is 0 Å². The van der Waals surface area contributed by atoms with Crippen LogP contribution >= 0.6 is 0 Å². The van der Waals surface area contributed by atoms with Crippen LogP contribution < -0.4 is 0 Å². The Morgan fingerprint density at radius 2 is 0.614 bits per heavy atom. The van der Waals surface area contributed by atoms with Crippen LogP contribution in [0.4, 0.5) is 0 Å². The van der Waals surface area contributed by atoms with E-state index in [1.165, 1.54) is 302 Å². The topological polar surface area (TPSA) is 93.1 Å². The van der Waals surface area contributed by atoms with E-state index >= 15 is 0 Å². The Labute approximate surface area is 436 Å². The summed E-state index contributed by atoms with van der Waals surface area (Å²) in [5.74, 6) is -1.44. The number of esters is 2. The van der Waals surface area contributed by atoms with Crippen LogP contribution in [0.25, 0.3) is 0 Å². The first-order valence-electron chi connectivity index (χ1n) is 31.8. The van der Waals surface area contributed by atoms with Crippen molar-refractivity contribution in [1.29, 1.82) is 0 Å². The number of cyclic esters (lactones) is 2. The molecule has 6 heteroatoms. The predicted octanol–water partition coefficient (Wildman–Crippen LogP) is 19.9. The molecule has 0 aromatic rings. The summed E-state index contributed by atoms with van der Waals surface area (Å²) in [4.78, 5) is 24.7. The number of aliphatic hydroxyl groups excluding tert-OH is 2. The van der Waals surface area contributed by atoms with E-state index in [0.29, 0.717) is 6.42 Å². The van der Waals surface area contributed by atoms with E-state index in [2.05, 4.69) is 19.1 Å². The van der Waals surface area contributed by atoms with Crippen LogP contribution in [0.1, 0.15) is 347 Å². The zero-order chi connectivity index (χ0) is 50.4. The number of hydrogen-bond donors (Lipinski definition) is 2. The molecule has 2 N–H and O–H groups in total. The number of hydrogen-bond acceptors (Lipinski definition) is 6. The molecule has 1 fully saturated rings. The van der Waals surface area contributed by atoms with E-state index in [1.807, 2.05) is 0 Å². The Hall–Kier alpha value is -1.40. The van der Waals surface area contributed by atoms with Crippen molar-refractivity contribution in [3.63, 3.8) is 0 Å². The maximum Gasteiger partial charge on any atom is 0.309 e. The van der Waals surface area contributed by atoms with Gasteiger partial charge in [0.15, 0.2) is 0 Å². The van der Waals surface area contributed by atoms with Gasteiger partial charge < -0.3 is 19.7 Å². The smallest absolute Gasteiger partial charge is 0.309 e. The molecular formula is C64H122O6. The van der Waals surface area contributed by atoms with Crippen molar-refractivity contribution in [2.24, 2.45) is 11.3 Å². The van der Waals surface area contributed by atoms with Gasteiger partial charge in [-0.05, 0) is 32.1 Å². The minimum absolute atomic E-state index is 0.00841. The molecule has 0 saturated carbocycles. The van der Waals surface area contributed by atoms with Gasteiger partial charge in [-0.1, -0.05) is 321 Å². The molecule has 1 atom stereocenters. The standard InChI is InChI=1S/C64H122O6/c1-2-3-4-5-6-7-8-9-10-11-12-13-14-15-16-17-18-19-20-21-22-23-24-25-26-27-28-29-30-31-32-33-34-35-36-37-38-39-40-41-42-43-44-45-46-47-48-49-50-51-52-53-54-55-61-56-62(67)69-59-64(57-65,58-66)60-70-63(61)68/h49-50,61,65-66H,2-48,51-60H2,1H3/b50-49+. The molecule has 0 aromatic heterocycles. The molecule has 1 aliphatic rings. The third-order valence-electron chi connectivity index (χ3n) is 15.8. The molecule has 0 aliphatic carbocycles. The maximum absolute atomic E-state index is 12.5. The Morgan fingerprint density at radius 3 is 0.886 bits per heavy atom. The second-order valence-corrected chi connectivity index (χ2v) is 22.8. The molecule has 1 unspecified atom stereocenters. The SMILES string of the molecule is CCCCCCCCCCCCCCCCCCCCCCCCCCCCCCCCCCCCCCCCCCCCCCCC/C=C/CCCCCC1CC(=O)OCC(CO)(CO)COC1=O. The minimum atomic E-state index is -1.13. The number of unbranched alkanes of at least 4 members (excludes halogenated alkanes) is 49. The third kappa shape index (κ3) is 45.2. The highest BCUT2D eigenvalue weighted by atomic mass is 16.6. The van der Waals surface area contributed by atoms with Gasteiger partial charge in [0, 0.05) is 0 Å². The van der Waals surface area contributed by atoms with Crippen LogP contribution in [-0.2, 0) is 19.1 Å². The molecule has 0 radical (unpaired) electrons. The number of rotatable bonds is 55. The Kier molecular flexibility index (Phi) is 51.3. The van der Waals surface area contributed by atoms with E-state index in [-0.39, 0.29) is 19.6 Å². The molecule has 0 spiro atoms. The van der Waals surface area contributed by atoms with E-state index in [4.69, 9.17) is 9.47 Å². The summed E-state index contributed by atoms with van der Waals surface area (Å²) in [5, 5.41) is 19.2. The van der Waals surface area contributed by atoms with Gasteiger partial charge in [-0.15, -0.1) is 0 Å². The summed E-state index contributed by atoms with van der Waals surface area (Å²) in [6.45, 7) is 1.19. The van der Waals surface area contributed by atoms with Crippen LogP contribution in [0, 0.1) is 11.3 Å². The molecular weight excluding hydrogens is 865 g/mol. The van der Waals surface area contributed by atoms with Crippen molar-refractivity contribution < 1.29 is 29.3 Å². The normalized spacial score (nSPS) is 15.3. The van der Waals surface area contributed by atoms with Crippen molar-refractivity contribution in [1.82, 2.24) is 0 Å². The monoisotopic (exact) mass is 987 g/mol. The summed E-state index contributed by atoms with van der Waals surface area (Å²) >= 11 is 0. The molecule has 70 heavy (non-hydrogen) atoms. The largest absolute Gasteiger partial charge is 0.465 e. The van der Waals surface area contributed by atoms with Crippen molar-refractivity contribution in [2.75, 3.05) is 26.4 Å². The van der Waals surface area contributed by atoms with Crippen molar-refractivity contribution in [3.05, 3.63) is 12.2 Å². The van der Waals surface area contributed by atoms with Gasteiger partial charge in [0.2, 0.25) is 0 Å². The van der Waals surface area contributed by atoms with E-state index in [0.717, 1.165) is 25.7 Å². The van der Waals surface area contributed by atoms with Crippen molar-refractivity contribution in [2.45, 2.75) is 347 Å². The first-order valence-corrected chi connectivity index (χ1v) is 31.8. The van der Waals surface area contributed by atoms with E-state index in [9.17, 15) is 19.8 Å². The summed E-state index contributed by atoms with van der Waals surface area (Å²) in [7, 11) is 0. The molecule has 414 valence electrons. The summed E-state index contributed by atoms with van der Waals surface area (Å²) in [6.07, 6.45) is 77.3. The quantitative estimate of drug-likeness (QED) is 0.0358. The number of ether oxygens (including phenoxy) is 2. The summed E-state index contributed by atoms with van der Waals surface area (Å²) in [6, 6.07) is 0. The molecule has 1 heterocycles. The fraction of sp³-hybridized carbons (Fsp3) is 0.938. The maximum atomic E-state index is 12.5. The van der Waals surface area contributed by atoms with E-state index < -0.39 is 36.5 Å². The number of aliphatic hydroxyl groups is 2. The average Bonchev–Trinajstić information content (AvgIpc) is 3.43. The molecule has 0 amide bonds. The Balaban J connectivity index is 1.68. The van der Waals surface area contributed by atoms with Gasteiger partial charge in [-0.3, -0.25) is 9.59 Å². The van der Waals surface area contributed by atoms with Crippen LogP contribution in [-0.4, -0.2) is 48.6 Å². The molecule has 1 rings (SSSR count). The van der Waals surface area contributed by atoms with E-state index in [1.54, 1.807) is 0 Å². The van der Waals surface area contributed by atoms with Gasteiger partial charge in [0.25, 0.3) is 0 Å². The molecule has 0 aromatic carbocycles. The average molecular weight is 988 g/mol. The highest BCUT2D eigenvalue weighted by molar-refractivity contribution is 5.80. The summed E-state index contributed by atoms with van der Waals surface area (Å²) in [5.41, 5.74) is -1.13. The molecule has 6 nitrogen and oxygen atoms in total. The van der Waals surface area contributed by atoms with Crippen molar-refractivity contribution >= 4 is 11.9 Å². The van der Waals surface area contributed by atoms with Crippen LogP contribution in [0.3, 0.4) is 0 Å². The van der Waals surface area contributed by atoms with Gasteiger partial charge in [0.05, 0.1) is 31.0 Å². The zero-order valence-electron chi connectivity index (χ0n) is 47.1. The third-order valence-corrected chi connectivity index (χ3v) is 15.8. The first-order chi connectivity index (χ1) is 34.6. The summed E-state index contributed by atoms with van der Waals surface area (Å²) < 4.78 is 10.6. The fourth-order valence-electron chi connectivity index (χ4n) is 10.6. The highest BCUT2D eigenvalue weighted by Gasteiger charge is 2.36. The lowest BCUT2D eigenvalue weighted by molar-refractivity contribution is -0.155. The lowest BCUT2D eigenvalue weighted by Gasteiger charge is -2.27. The van der Waals surface area contributed by atoms with Gasteiger partial charge >= 0.3 is 11.9 Å². The Morgan fingerprint density at radius 1 is 0.371 bits per heavy atom. The van der Waals surface area contributed by atoms with Crippen LogP contribution in [0.2, 0.25) is 0 Å². The molecule has 1 saturated heterocycles. The highest BCUT2D eigenvalue weighted by Crippen LogP contribution is 2.25. The van der Waals surface area contributed by atoms with Crippen molar-refractivity contribution in [3.8, 4) is 0 Å². The second-order valence-electron chi connectivity index (χ2n) is 22.8. The number of allylic oxidation sites excluding steroid dienone is 2. The van der Waals surface area contributed by atoms with Gasteiger partial charge in [-0.25, -0.2) is 0 Å². The molecule has 0 bridgehead atoms. The fourth-order valence-corrected chi connectivity index (χ4v) is 10.6. The van der Waals surface area contributed by atoms with Crippen LogP contribution in [0.15, 0.2) is 12.2 Å². The molecule has 1 aliphatic heterocycles. The lowest BCUT2D eigenvalue weighted by Crippen LogP contribution is -2.40. The van der Waals surface area contributed by atoms with Gasteiger partial charge in [-0.2, -0.15) is 0 Å². The second kappa shape index (κ2) is 53.9. The zero-order valence-corrected chi connectivity index (χ0v) is 47.1.